The summed E-state index contributed by atoms with van der Waals surface area (Å²) < 4.78 is 24.3. The van der Waals surface area contributed by atoms with Crippen molar-refractivity contribution >= 4 is 63.8 Å². The van der Waals surface area contributed by atoms with E-state index in [4.69, 9.17) is 44.3 Å². The summed E-state index contributed by atoms with van der Waals surface area (Å²) in [6.07, 6.45) is 1.57. The minimum atomic E-state index is -0.433. The van der Waals surface area contributed by atoms with E-state index in [1.807, 2.05) is 0 Å². The zero-order valence-corrected chi connectivity index (χ0v) is 21.3. The number of hydrogen-bond acceptors (Lipinski definition) is 5. The maximum Gasteiger partial charge on any atom is 0.293 e. The lowest BCUT2D eigenvalue weighted by Gasteiger charge is -2.14. The van der Waals surface area contributed by atoms with Crippen molar-refractivity contribution in [3.05, 3.63) is 97.1 Å². The average molecular weight is 553 g/mol. The van der Waals surface area contributed by atoms with E-state index in [2.05, 4.69) is 0 Å². The smallest absolute Gasteiger partial charge is 0.293 e. The molecule has 0 bridgehead atoms. The topological polar surface area (TPSA) is 55.8 Å². The van der Waals surface area contributed by atoms with Crippen LogP contribution in [-0.2, 0) is 17.9 Å². The molecule has 1 aliphatic rings. The Kier molecular flexibility index (Phi) is 7.91. The maximum atomic E-state index is 13.1. The Morgan fingerprint density at radius 1 is 0.943 bits per heavy atom. The summed E-state index contributed by atoms with van der Waals surface area (Å²) in [4.78, 5) is 26.8. The number of methoxy groups -OCH3 is 1. The molecule has 35 heavy (non-hydrogen) atoms. The highest BCUT2D eigenvalue weighted by atomic mass is 35.5. The molecule has 5 nitrogen and oxygen atoms in total. The highest BCUT2D eigenvalue weighted by molar-refractivity contribution is 8.18. The maximum absolute atomic E-state index is 13.1. The van der Waals surface area contributed by atoms with E-state index in [1.165, 1.54) is 19.2 Å². The van der Waals surface area contributed by atoms with Crippen LogP contribution in [-0.4, -0.2) is 23.2 Å². The summed E-state index contributed by atoms with van der Waals surface area (Å²) in [6.45, 7) is 0.225. The molecule has 2 amide bonds. The predicted molar refractivity (Wildman–Crippen MR) is 137 cm³/mol. The third-order valence-electron chi connectivity index (χ3n) is 5.04. The van der Waals surface area contributed by atoms with Crippen molar-refractivity contribution in [3.63, 3.8) is 0 Å². The first-order chi connectivity index (χ1) is 16.7. The van der Waals surface area contributed by atoms with Crippen molar-refractivity contribution in [2.45, 2.75) is 13.2 Å². The lowest BCUT2D eigenvalue weighted by molar-refractivity contribution is -0.123. The second kappa shape index (κ2) is 10.9. The van der Waals surface area contributed by atoms with E-state index in [0.717, 1.165) is 22.2 Å². The third kappa shape index (κ3) is 5.93. The molecule has 0 saturated carbocycles. The summed E-state index contributed by atoms with van der Waals surface area (Å²) in [5.74, 6) is -0.114. The molecule has 1 saturated heterocycles. The SMILES string of the molecule is COc1cc(/C=C2\SC(=O)N(Cc3ccc(Cl)c(Cl)c3)C2=O)cc(Cl)c1OCc1ccc(F)cc1. The zero-order chi connectivity index (χ0) is 25.1. The van der Waals surface area contributed by atoms with Crippen molar-refractivity contribution in [1.29, 1.82) is 0 Å². The fourth-order valence-corrected chi connectivity index (χ4v) is 4.74. The molecule has 1 aliphatic heterocycles. The van der Waals surface area contributed by atoms with Crippen LogP contribution >= 0.6 is 46.6 Å². The molecule has 0 unspecified atom stereocenters. The molecule has 3 aromatic rings. The fraction of sp³-hybridized carbons (Fsp3) is 0.120. The van der Waals surface area contributed by atoms with E-state index in [9.17, 15) is 14.0 Å². The van der Waals surface area contributed by atoms with Crippen LogP contribution in [0.5, 0.6) is 11.5 Å². The Morgan fingerprint density at radius 2 is 1.66 bits per heavy atom. The lowest BCUT2D eigenvalue weighted by Crippen LogP contribution is -2.27. The summed E-state index contributed by atoms with van der Waals surface area (Å²) in [7, 11) is 1.46. The van der Waals surface area contributed by atoms with Gasteiger partial charge in [0.25, 0.3) is 11.1 Å². The zero-order valence-electron chi connectivity index (χ0n) is 18.2. The molecular weight excluding hydrogens is 536 g/mol. The van der Waals surface area contributed by atoms with Gasteiger partial charge in [-0.25, -0.2) is 4.39 Å². The number of carbonyl (C=O) groups is 2. The molecule has 0 N–H and O–H groups in total. The molecular formula is C25H17Cl3FNO4S. The summed E-state index contributed by atoms with van der Waals surface area (Å²) in [5, 5.41) is 0.591. The quantitative estimate of drug-likeness (QED) is 0.282. The van der Waals surface area contributed by atoms with Crippen molar-refractivity contribution < 1.29 is 23.5 Å². The van der Waals surface area contributed by atoms with Gasteiger partial charge in [0.05, 0.1) is 33.6 Å². The molecule has 10 heteroatoms. The number of ether oxygens (including phenoxy) is 2. The van der Waals surface area contributed by atoms with Crippen molar-refractivity contribution in [2.24, 2.45) is 0 Å². The fourth-order valence-electron chi connectivity index (χ4n) is 3.31. The van der Waals surface area contributed by atoms with E-state index >= 15 is 0 Å². The number of rotatable bonds is 7. The number of imide groups is 1. The number of amides is 2. The molecule has 3 aromatic carbocycles. The summed E-state index contributed by atoms with van der Waals surface area (Å²) in [5.41, 5.74) is 1.99. The minimum Gasteiger partial charge on any atom is -0.493 e. The molecule has 0 atom stereocenters. The van der Waals surface area contributed by atoms with Crippen molar-refractivity contribution in [2.75, 3.05) is 7.11 Å². The summed E-state index contributed by atoms with van der Waals surface area (Å²) in [6, 6.07) is 14.1. The molecule has 1 fully saturated rings. The van der Waals surface area contributed by atoms with Gasteiger partial charge < -0.3 is 9.47 Å². The summed E-state index contributed by atoms with van der Waals surface area (Å²) >= 11 is 19.2. The molecule has 4 rings (SSSR count). The Bertz CT molecular complexity index is 1330. The average Bonchev–Trinajstić information content (AvgIpc) is 3.08. The van der Waals surface area contributed by atoms with Crippen molar-refractivity contribution in [3.8, 4) is 11.5 Å². The number of hydrogen-bond donors (Lipinski definition) is 0. The van der Waals surface area contributed by atoms with E-state index in [0.29, 0.717) is 32.7 Å². The van der Waals surface area contributed by atoms with Gasteiger partial charge in [-0.05, 0) is 70.9 Å². The monoisotopic (exact) mass is 551 g/mol. The van der Waals surface area contributed by atoms with Gasteiger partial charge in [0.15, 0.2) is 11.5 Å². The van der Waals surface area contributed by atoms with E-state index in [1.54, 1.807) is 48.5 Å². The Morgan fingerprint density at radius 3 is 2.34 bits per heavy atom. The van der Waals surface area contributed by atoms with Crippen LogP contribution in [0.4, 0.5) is 9.18 Å². The number of carbonyl (C=O) groups excluding carboxylic acids is 2. The minimum absolute atomic E-state index is 0.0686. The third-order valence-corrected chi connectivity index (χ3v) is 6.97. The normalized spacial score (nSPS) is 14.7. The van der Waals surface area contributed by atoms with Gasteiger partial charge in [0.2, 0.25) is 0 Å². The standard InChI is InChI=1S/C25H17Cl3FNO4S/c1-33-21-10-16(9-20(28)23(21)34-13-14-2-5-17(29)6-3-14)11-22-24(31)30(25(32)35-22)12-15-4-7-18(26)19(27)8-15/h2-11H,12-13H2,1H3/b22-11-. The van der Waals surface area contributed by atoms with E-state index in [-0.39, 0.29) is 28.9 Å². The Labute approximate surface area is 220 Å². The van der Waals surface area contributed by atoms with Gasteiger partial charge in [-0.15, -0.1) is 0 Å². The first-order valence-corrected chi connectivity index (χ1v) is 12.1. The number of benzene rings is 3. The highest BCUT2D eigenvalue weighted by Crippen LogP contribution is 2.39. The molecule has 0 radical (unpaired) electrons. The Balaban J connectivity index is 1.52. The second-order valence-corrected chi connectivity index (χ2v) is 9.68. The highest BCUT2D eigenvalue weighted by Gasteiger charge is 2.35. The van der Waals surface area contributed by atoms with Crippen LogP contribution in [0.1, 0.15) is 16.7 Å². The number of halogens is 4. The van der Waals surface area contributed by atoms with Crippen molar-refractivity contribution in [1.82, 2.24) is 4.90 Å². The van der Waals surface area contributed by atoms with Crippen LogP contribution in [0.2, 0.25) is 15.1 Å². The van der Waals surface area contributed by atoms with E-state index < -0.39 is 11.1 Å². The number of thioether (sulfide) groups is 1. The molecule has 180 valence electrons. The van der Waals surface area contributed by atoms with Crippen LogP contribution in [0.3, 0.4) is 0 Å². The van der Waals surface area contributed by atoms with Gasteiger partial charge in [0.1, 0.15) is 12.4 Å². The van der Waals surface area contributed by atoms with Gasteiger partial charge >= 0.3 is 0 Å². The van der Waals surface area contributed by atoms with Gasteiger partial charge in [-0.3, -0.25) is 14.5 Å². The Hall–Kier alpha value is -2.71. The van der Waals surface area contributed by atoms with Gasteiger partial charge in [-0.1, -0.05) is 53.0 Å². The van der Waals surface area contributed by atoms with Crippen LogP contribution in [0.15, 0.2) is 59.5 Å². The second-order valence-electron chi connectivity index (χ2n) is 7.47. The molecule has 0 spiro atoms. The van der Waals surface area contributed by atoms with Gasteiger partial charge in [-0.2, -0.15) is 0 Å². The van der Waals surface area contributed by atoms with Crippen LogP contribution < -0.4 is 9.47 Å². The lowest BCUT2D eigenvalue weighted by atomic mass is 10.1. The number of nitrogens with zero attached hydrogens (tertiary/aromatic N) is 1. The van der Waals surface area contributed by atoms with Crippen LogP contribution in [0.25, 0.3) is 6.08 Å². The molecule has 1 heterocycles. The first kappa shape index (κ1) is 25.4. The largest absolute Gasteiger partial charge is 0.493 e. The predicted octanol–water partition coefficient (Wildman–Crippen LogP) is 7.61. The molecule has 0 aliphatic carbocycles. The van der Waals surface area contributed by atoms with Crippen LogP contribution in [0, 0.1) is 5.82 Å². The van der Waals surface area contributed by atoms with Gasteiger partial charge in [0, 0.05) is 0 Å². The molecule has 0 aromatic heterocycles. The first-order valence-electron chi connectivity index (χ1n) is 10.2.